The number of nitrogens with two attached hydrogens (primary N) is 2. The molecule has 7 heterocycles. The minimum Gasteiger partial charge on any atom is -0.508 e. The van der Waals surface area contributed by atoms with Crippen molar-refractivity contribution < 1.29 is 108 Å². The molecule has 2 fully saturated rings. The Bertz CT molecular complexity index is 3980. The van der Waals surface area contributed by atoms with E-state index in [1.54, 1.807) is 6.92 Å². The lowest BCUT2D eigenvalue weighted by molar-refractivity contribution is -0.333. The Hall–Kier alpha value is -7.69. The maximum absolute atomic E-state index is 15.7. The number of ether oxygens (including phenoxy) is 6. The van der Waals surface area contributed by atoms with Crippen LogP contribution in [0.3, 0.4) is 0 Å². The number of phenolic OH excluding ortho intramolecular Hbond substituents is 3. The highest BCUT2D eigenvalue weighted by atomic mass is 35.5. The molecule has 4 amide bonds. The van der Waals surface area contributed by atoms with Crippen LogP contribution in [0.25, 0.3) is 11.1 Å². The number of rotatable bonds is 13. The Morgan fingerprint density at radius 2 is 1.40 bits per heavy atom. The van der Waals surface area contributed by atoms with Gasteiger partial charge in [0.15, 0.2) is 29.7 Å². The molecule has 4 unspecified atom stereocenters. The zero-order valence-corrected chi connectivity index (χ0v) is 57.1. The summed E-state index contributed by atoms with van der Waals surface area (Å²) in [5, 5.41) is 125. The predicted octanol–water partition coefficient (Wildman–Crippen LogP) is 3.88. The van der Waals surface area contributed by atoms with E-state index in [0.29, 0.717) is 0 Å². The highest BCUT2D eigenvalue weighted by Crippen LogP contribution is 2.51. The van der Waals surface area contributed by atoms with E-state index >= 15 is 14.4 Å². The highest BCUT2D eigenvalue weighted by molar-refractivity contribution is 7.80. The van der Waals surface area contributed by atoms with Crippen LogP contribution in [0.5, 0.6) is 46.0 Å². The van der Waals surface area contributed by atoms with E-state index in [9.17, 15) is 65.4 Å². The molecule has 0 saturated carbocycles. The number of likely N-dealkylation sites (N-methyl/N-ethyl adjacent to an activating group) is 1. The lowest BCUT2D eigenvalue weighted by Crippen LogP contribution is -2.64. The molecular formula is C69H80Cl2N6O22S. The molecule has 7 aliphatic heterocycles. The normalized spacial score (nSPS) is 29.9. The number of thiocarbonyl (C=S) groups is 1. The van der Waals surface area contributed by atoms with Crippen molar-refractivity contribution in [3.8, 4) is 57.1 Å². The number of hydrogen-bond donors (Lipinski definition) is 16. The molecule has 18 atom stereocenters. The molecule has 5 aromatic carbocycles. The third kappa shape index (κ3) is 16.0. The number of primary amides is 1. The number of amides is 4. The van der Waals surface area contributed by atoms with Gasteiger partial charge in [0.1, 0.15) is 65.0 Å². The monoisotopic (exact) mass is 1450 g/mol. The van der Waals surface area contributed by atoms with Gasteiger partial charge in [0.2, 0.25) is 35.7 Å². The molecule has 0 aromatic heterocycles. The summed E-state index contributed by atoms with van der Waals surface area (Å²) < 4.78 is 38.8. The second kappa shape index (κ2) is 30.9. The van der Waals surface area contributed by atoms with Gasteiger partial charge in [-0.25, -0.2) is 0 Å². The Labute approximate surface area is 588 Å². The first kappa shape index (κ1) is 75.0. The number of fused-ring (bicyclic) bond motifs is 15. The van der Waals surface area contributed by atoms with Gasteiger partial charge in [-0.1, -0.05) is 67.5 Å². The van der Waals surface area contributed by atoms with Gasteiger partial charge in [-0.15, -0.1) is 0 Å². The largest absolute Gasteiger partial charge is 0.508 e. The number of nitrogens with one attached hydrogen (secondary N) is 4. The van der Waals surface area contributed by atoms with Crippen LogP contribution >= 0.6 is 35.4 Å². The highest BCUT2D eigenvalue weighted by Gasteiger charge is 2.51. The van der Waals surface area contributed by atoms with Crippen molar-refractivity contribution in [3.63, 3.8) is 0 Å². The van der Waals surface area contributed by atoms with Crippen LogP contribution in [0.15, 0.2) is 78.9 Å². The number of aliphatic hydroxyl groups is 7. The third-order valence-electron chi connectivity index (χ3n) is 18.7. The number of Topliss-reactive ketones (excluding diaryl/α,β-unsaturated/α-hetero) is 2. The van der Waals surface area contributed by atoms with Crippen LogP contribution < -0.4 is 46.9 Å². The number of hydrogen-bond acceptors (Lipinski definition) is 25. The fourth-order valence-electron chi connectivity index (χ4n) is 13.3. The van der Waals surface area contributed by atoms with E-state index < -0.39 is 217 Å². The van der Waals surface area contributed by atoms with Crippen LogP contribution in [0.4, 0.5) is 0 Å². The Morgan fingerprint density at radius 1 is 0.760 bits per heavy atom. The molecule has 11 bridgehead atoms. The van der Waals surface area contributed by atoms with Gasteiger partial charge >= 0.3 is 0 Å². The second-order valence-corrected chi connectivity index (χ2v) is 27.9. The van der Waals surface area contributed by atoms with Crippen molar-refractivity contribution in [2.45, 2.75) is 163 Å². The predicted molar refractivity (Wildman–Crippen MR) is 360 cm³/mol. The maximum atomic E-state index is 15.7. The maximum Gasteiger partial charge on any atom is 0.237 e. The summed E-state index contributed by atoms with van der Waals surface area (Å²) in [7, 11) is 1.52. The summed E-state index contributed by atoms with van der Waals surface area (Å²) in [6.45, 7) is 4.99. The summed E-state index contributed by atoms with van der Waals surface area (Å²) in [6, 6.07) is 10.1. The van der Waals surface area contributed by atoms with Crippen molar-refractivity contribution in [1.29, 1.82) is 0 Å². The molecule has 7 aliphatic rings. The molecule has 12 rings (SSSR count). The molecule has 100 heavy (non-hydrogen) atoms. The number of halogens is 2. The van der Waals surface area contributed by atoms with Crippen LogP contribution in [0.1, 0.15) is 124 Å². The van der Waals surface area contributed by atoms with E-state index in [1.807, 2.05) is 13.8 Å². The molecular weight excluding hydrogens is 1370 g/mol. The van der Waals surface area contributed by atoms with Crippen molar-refractivity contribution in [1.82, 2.24) is 21.3 Å². The Kier molecular flexibility index (Phi) is 23.2. The molecule has 0 radical (unpaired) electrons. The lowest BCUT2D eigenvalue weighted by atomic mass is 9.79. The first-order chi connectivity index (χ1) is 47.3. The van der Waals surface area contributed by atoms with Gasteiger partial charge in [0.25, 0.3) is 0 Å². The van der Waals surface area contributed by atoms with E-state index in [1.165, 1.54) is 80.7 Å². The molecule has 28 nitrogen and oxygen atoms in total. The third-order valence-corrected chi connectivity index (χ3v) is 19.7. The summed E-state index contributed by atoms with van der Waals surface area (Å²) in [5.74, 6) is -14.3. The van der Waals surface area contributed by atoms with Crippen molar-refractivity contribution in [2.24, 2.45) is 29.2 Å². The molecule has 2 saturated heterocycles. The van der Waals surface area contributed by atoms with Gasteiger partial charge in [0.05, 0.1) is 71.5 Å². The number of phenols is 3. The van der Waals surface area contributed by atoms with E-state index in [-0.39, 0.29) is 84.1 Å². The Balaban J connectivity index is 1.24. The number of carbonyl (C=O) groups excluding carboxylic acids is 6. The SMILES string of the molecule is CN[C@H](CC(C)C)C(=O)N[C@H]1C(=O)C[C@@H](CC(N)=O)C(=O)N[C@H]2C(=S)C[C@@H]3C(=O)C[C@H](C(=O)N[C@H](CO)c4cc(O)cc(O)c4-c4cc3ccc4O)[C@H](O)c3ccc(c(Cl)c3)Oc3cc2cc(c3OC2OC(CO)C(O)[C@H](O)[C@H]2O[C@H]2CC(C)(N)[C@H](O)[C@H](C)O2)Oc2ccc(cc2Cl)[C@H]1O. The van der Waals surface area contributed by atoms with Gasteiger partial charge < -0.3 is 112 Å². The quantitative estimate of drug-likeness (QED) is 0.0744. The van der Waals surface area contributed by atoms with Crippen LogP contribution in [-0.2, 0) is 43.0 Å². The zero-order chi connectivity index (χ0) is 72.7. The van der Waals surface area contributed by atoms with Crippen LogP contribution in [0, 0.1) is 17.8 Å². The Morgan fingerprint density at radius 3 is 1.99 bits per heavy atom. The van der Waals surface area contributed by atoms with Crippen molar-refractivity contribution >= 4 is 75.5 Å². The number of ketones is 2. The lowest BCUT2D eigenvalue weighted by Gasteiger charge is -2.47. The average Bonchev–Trinajstić information content (AvgIpc) is 0.770. The fraction of sp³-hybridized carbons (Fsp3) is 0.464. The van der Waals surface area contributed by atoms with Gasteiger partial charge in [-0.2, -0.15) is 0 Å². The van der Waals surface area contributed by atoms with Gasteiger partial charge in [0, 0.05) is 59.2 Å². The standard InChI is InChI=1S/C69H80Cl2N6O22S/c1-27(2)12-41(74-5)67(93)77-57-46(84)16-33(19-53(72)85)65(91)76-56-32-17-49(62(50(18-32)96-48-11-8-31(59(57)87)15-40(48)71)99-68-63(61(89)60(88)51(26-79)97-68)98-54-24-69(4,73)64(90)28(3)94-54)95-47-10-7-30(14-39(47)70)58(86)38-22-44(82)35(23-52(56)100)29-6-9-43(81)37(13-29)55-36(20-34(80)21-45(55)83)42(25-78)75-66(38)92/h6-11,13-15,17-18,20-21,27-28,33,35,38,41-42,51,54,56-61,63-64,68,74,78-81,83,86-90H,12,16,19,22-26,73H2,1-5H3,(H2,72,85)(H,75,92)(H,76,91)(H,77,93)/t28-,33-,35-,38-,41+,42+,51?,54-,56+,57-,58+,59+,60?,61-,63+,64+,68?,69?/m0/s1. The molecule has 31 heteroatoms. The molecule has 538 valence electrons. The second-order valence-electron chi connectivity index (χ2n) is 26.6. The van der Waals surface area contributed by atoms with Gasteiger partial charge in [-0.3, -0.25) is 28.8 Å². The van der Waals surface area contributed by atoms with Crippen molar-refractivity contribution in [3.05, 3.63) is 117 Å². The first-order valence-corrected chi connectivity index (χ1v) is 33.5. The number of aliphatic hydroxyl groups excluding tert-OH is 7. The minimum atomic E-state index is -1.97. The number of aromatic hydroxyl groups is 3. The number of carbonyl (C=O) groups is 6. The average molecular weight is 1450 g/mol. The first-order valence-electron chi connectivity index (χ1n) is 32.3. The molecule has 0 aliphatic carbocycles. The summed E-state index contributed by atoms with van der Waals surface area (Å²) in [4.78, 5) is 88.2. The molecule has 0 spiro atoms. The fourth-order valence-corrected chi connectivity index (χ4v) is 14.1. The molecule has 5 aromatic rings. The smallest absolute Gasteiger partial charge is 0.237 e. The summed E-state index contributed by atoms with van der Waals surface area (Å²) in [5.41, 5.74) is 10.3. The minimum absolute atomic E-state index is 0.0453. The van der Waals surface area contributed by atoms with Gasteiger partial charge in [-0.05, 0) is 122 Å². The zero-order valence-electron chi connectivity index (χ0n) is 54.7. The molecule has 18 N–H and O–H groups in total. The number of benzene rings is 5. The van der Waals surface area contributed by atoms with Crippen LogP contribution in [0.2, 0.25) is 10.0 Å². The van der Waals surface area contributed by atoms with E-state index in [2.05, 4.69) is 21.3 Å². The topological polar surface area (TPSA) is 460 Å². The van der Waals surface area contributed by atoms with E-state index in [4.69, 9.17) is 75.3 Å². The summed E-state index contributed by atoms with van der Waals surface area (Å²) >= 11 is 20.7. The van der Waals surface area contributed by atoms with Crippen molar-refractivity contribution in [2.75, 3.05) is 20.3 Å². The van der Waals surface area contributed by atoms with E-state index in [0.717, 1.165) is 12.1 Å². The van der Waals surface area contributed by atoms with Crippen LogP contribution in [-0.4, -0.2) is 178 Å². The summed E-state index contributed by atoms with van der Waals surface area (Å²) in [6.07, 6.45) is -19.6.